The molecule has 0 saturated heterocycles. The van der Waals surface area contributed by atoms with Crippen LogP contribution in [0, 0.1) is 0 Å². The summed E-state index contributed by atoms with van der Waals surface area (Å²) in [6.07, 6.45) is 2.80. The zero-order valence-electron chi connectivity index (χ0n) is 9.73. The third-order valence-electron chi connectivity index (χ3n) is 2.62. The fourth-order valence-corrected chi connectivity index (χ4v) is 2.81. The van der Waals surface area contributed by atoms with Gasteiger partial charge in [0.25, 0.3) is 0 Å². The fraction of sp³-hybridized carbons (Fsp3) is 0.583. The van der Waals surface area contributed by atoms with E-state index in [2.05, 4.69) is 11.7 Å². The topological polar surface area (TPSA) is 46.5 Å². The quantitative estimate of drug-likeness (QED) is 0.780. The second kappa shape index (κ2) is 6.66. The van der Waals surface area contributed by atoms with Crippen LogP contribution in [0.5, 0.6) is 0 Å². The number of rotatable bonds is 6. The highest BCUT2D eigenvalue weighted by Crippen LogP contribution is 2.31. The van der Waals surface area contributed by atoms with E-state index in [-0.39, 0.29) is 12.6 Å². The lowest BCUT2D eigenvalue weighted by Gasteiger charge is -2.11. The van der Waals surface area contributed by atoms with E-state index in [0.29, 0.717) is 10.8 Å². The van der Waals surface area contributed by atoms with Crippen molar-refractivity contribution in [2.24, 2.45) is 0 Å². The van der Waals surface area contributed by atoms with E-state index in [4.69, 9.17) is 5.11 Å². The average Bonchev–Trinajstić information content (AvgIpc) is 2.78. The molecule has 1 N–H and O–H groups in total. The Bertz CT molecular complexity index is 333. The summed E-state index contributed by atoms with van der Waals surface area (Å²) in [6, 6.07) is 3.80. The Morgan fingerprint density at radius 1 is 1.56 bits per heavy atom. The van der Waals surface area contributed by atoms with Crippen molar-refractivity contribution in [1.82, 2.24) is 0 Å². The minimum Gasteiger partial charge on any atom is -0.465 e. The van der Waals surface area contributed by atoms with Crippen LogP contribution < -0.4 is 0 Å². The number of hydrogen-bond donors (Lipinski definition) is 1. The smallest absolute Gasteiger partial charge is 0.348 e. The van der Waals surface area contributed by atoms with Crippen molar-refractivity contribution < 1.29 is 14.6 Å². The minimum atomic E-state index is -0.270. The van der Waals surface area contributed by atoms with Crippen LogP contribution in [0.15, 0.2) is 12.1 Å². The molecule has 0 bridgehead atoms. The lowest BCUT2D eigenvalue weighted by atomic mass is 9.99. The van der Waals surface area contributed by atoms with Gasteiger partial charge in [0, 0.05) is 11.5 Å². The molecule has 4 heteroatoms. The normalized spacial score (nSPS) is 12.4. The Kier molecular flexibility index (Phi) is 5.49. The summed E-state index contributed by atoms with van der Waals surface area (Å²) in [4.78, 5) is 13.2. The highest BCUT2D eigenvalue weighted by atomic mass is 32.1. The number of carbonyl (C=O) groups excluding carboxylic acids is 1. The highest BCUT2D eigenvalue weighted by Gasteiger charge is 2.15. The van der Waals surface area contributed by atoms with Gasteiger partial charge in [-0.25, -0.2) is 4.79 Å². The van der Waals surface area contributed by atoms with Gasteiger partial charge in [0.1, 0.15) is 4.88 Å². The molecular weight excluding hydrogens is 224 g/mol. The monoisotopic (exact) mass is 242 g/mol. The van der Waals surface area contributed by atoms with Crippen LogP contribution >= 0.6 is 11.3 Å². The van der Waals surface area contributed by atoms with E-state index in [0.717, 1.165) is 19.3 Å². The van der Waals surface area contributed by atoms with Gasteiger partial charge in [0.05, 0.1) is 7.11 Å². The molecule has 1 unspecified atom stereocenters. The Balaban J connectivity index is 2.70. The molecule has 1 aromatic heterocycles. The number of methoxy groups -OCH3 is 1. The maximum absolute atomic E-state index is 11.3. The molecule has 0 saturated carbocycles. The molecule has 1 atom stereocenters. The molecule has 0 aliphatic heterocycles. The van der Waals surface area contributed by atoms with Crippen LogP contribution in [0.1, 0.15) is 46.7 Å². The summed E-state index contributed by atoms with van der Waals surface area (Å²) in [5.74, 6) is 0.170. The van der Waals surface area contributed by atoms with E-state index >= 15 is 0 Å². The van der Waals surface area contributed by atoms with Crippen molar-refractivity contribution in [1.29, 1.82) is 0 Å². The van der Waals surface area contributed by atoms with Crippen LogP contribution in [0.4, 0.5) is 0 Å². The van der Waals surface area contributed by atoms with Crippen molar-refractivity contribution in [3.8, 4) is 0 Å². The van der Waals surface area contributed by atoms with Gasteiger partial charge in [-0.05, 0) is 37.3 Å². The standard InChI is InChI=1S/C12H18O3S/c1-3-9(5-4-8-13)10-6-7-11(16-10)12(14)15-2/h6-7,9,13H,3-5,8H2,1-2H3. The van der Waals surface area contributed by atoms with Gasteiger partial charge in [-0.1, -0.05) is 6.92 Å². The zero-order valence-corrected chi connectivity index (χ0v) is 10.5. The lowest BCUT2D eigenvalue weighted by Crippen LogP contribution is -1.98. The summed E-state index contributed by atoms with van der Waals surface area (Å²) in [7, 11) is 1.39. The second-order valence-corrected chi connectivity index (χ2v) is 4.78. The predicted molar refractivity (Wildman–Crippen MR) is 65.0 cm³/mol. The number of aliphatic hydroxyl groups is 1. The molecule has 0 fully saturated rings. The molecule has 0 aromatic carbocycles. The van der Waals surface area contributed by atoms with Gasteiger partial charge in [-0.3, -0.25) is 0 Å². The minimum absolute atomic E-state index is 0.228. The molecule has 1 aromatic rings. The van der Waals surface area contributed by atoms with Gasteiger partial charge >= 0.3 is 5.97 Å². The molecule has 90 valence electrons. The van der Waals surface area contributed by atoms with Crippen LogP contribution in [0.2, 0.25) is 0 Å². The van der Waals surface area contributed by atoms with Gasteiger partial charge < -0.3 is 9.84 Å². The first-order valence-electron chi connectivity index (χ1n) is 5.51. The van der Waals surface area contributed by atoms with Crippen molar-refractivity contribution >= 4 is 17.3 Å². The van der Waals surface area contributed by atoms with Crippen molar-refractivity contribution in [3.63, 3.8) is 0 Å². The Morgan fingerprint density at radius 2 is 2.31 bits per heavy atom. The number of aliphatic hydroxyl groups excluding tert-OH is 1. The molecule has 0 aliphatic rings. The Hall–Kier alpha value is -0.870. The summed E-state index contributed by atoms with van der Waals surface area (Å²) in [6.45, 7) is 2.35. The van der Waals surface area contributed by atoms with Gasteiger partial charge in [-0.2, -0.15) is 0 Å². The first kappa shape index (κ1) is 13.2. The molecule has 0 aliphatic carbocycles. The van der Waals surface area contributed by atoms with Gasteiger partial charge in [0.2, 0.25) is 0 Å². The zero-order chi connectivity index (χ0) is 12.0. The van der Waals surface area contributed by atoms with E-state index in [1.807, 2.05) is 12.1 Å². The van der Waals surface area contributed by atoms with E-state index < -0.39 is 0 Å². The second-order valence-electron chi connectivity index (χ2n) is 3.66. The molecule has 0 spiro atoms. The molecular formula is C12H18O3S. The average molecular weight is 242 g/mol. The maximum Gasteiger partial charge on any atom is 0.348 e. The van der Waals surface area contributed by atoms with Crippen molar-refractivity contribution in [3.05, 3.63) is 21.9 Å². The number of thiophene rings is 1. The summed E-state index contributed by atoms with van der Waals surface area (Å²) >= 11 is 1.49. The van der Waals surface area contributed by atoms with Crippen LogP contribution in [-0.2, 0) is 4.74 Å². The van der Waals surface area contributed by atoms with Crippen molar-refractivity contribution in [2.45, 2.75) is 32.1 Å². The molecule has 1 heterocycles. The number of hydrogen-bond acceptors (Lipinski definition) is 4. The van der Waals surface area contributed by atoms with Crippen molar-refractivity contribution in [2.75, 3.05) is 13.7 Å². The van der Waals surface area contributed by atoms with Gasteiger partial charge in [0.15, 0.2) is 0 Å². The molecule has 0 radical (unpaired) electrons. The van der Waals surface area contributed by atoms with E-state index in [9.17, 15) is 4.79 Å². The molecule has 1 rings (SSSR count). The summed E-state index contributed by atoms with van der Waals surface area (Å²) in [5.41, 5.74) is 0. The fourth-order valence-electron chi connectivity index (χ4n) is 1.67. The number of esters is 1. The molecule has 0 amide bonds. The third-order valence-corrected chi connectivity index (χ3v) is 3.85. The SMILES string of the molecule is CCC(CCCO)c1ccc(C(=O)OC)s1. The van der Waals surface area contributed by atoms with Crippen LogP contribution in [-0.4, -0.2) is 24.8 Å². The molecule has 16 heavy (non-hydrogen) atoms. The number of carbonyl (C=O) groups is 1. The first-order chi connectivity index (χ1) is 7.72. The Morgan fingerprint density at radius 3 is 2.88 bits per heavy atom. The van der Waals surface area contributed by atoms with Gasteiger partial charge in [-0.15, -0.1) is 11.3 Å². The summed E-state index contributed by atoms with van der Waals surface area (Å²) < 4.78 is 4.68. The maximum atomic E-state index is 11.3. The largest absolute Gasteiger partial charge is 0.465 e. The number of ether oxygens (including phenoxy) is 1. The van der Waals surface area contributed by atoms with E-state index in [1.54, 1.807) is 0 Å². The Labute approximate surface area is 100 Å². The van der Waals surface area contributed by atoms with Crippen LogP contribution in [0.25, 0.3) is 0 Å². The first-order valence-corrected chi connectivity index (χ1v) is 6.33. The predicted octanol–water partition coefficient (Wildman–Crippen LogP) is 2.80. The molecule has 3 nitrogen and oxygen atoms in total. The van der Waals surface area contributed by atoms with E-state index in [1.165, 1.54) is 23.3 Å². The lowest BCUT2D eigenvalue weighted by molar-refractivity contribution is 0.0606. The van der Waals surface area contributed by atoms with Crippen LogP contribution in [0.3, 0.4) is 0 Å². The summed E-state index contributed by atoms with van der Waals surface area (Å²) in [5, 5.41) is 8.82. The highest BCUT2D eigenvalue weighted by molar-refractivity contribution is 7.14. The third kappa shape index (κ3) is 3.32.